The zero-order valence-electron chi connectivity index (χ0n) is 7.92. The average molecular weight is 194 g/mol. The van der Waals surface area contributed by atoms with Crippen molar-refractivity contribution >= 4 is 11.7 Å². The number of carbonyl (C=O) groups excluding carboxylic acids is 1. The van der Waals surface area contributed by atoms with Gasteiger partial charge in [0.05, 0.1) is 5.69 Å². The average Bonchev–Trinajstić information content (AvgIpc) is 2.72. The van der Waals surface area contributed by atoms with Gasteiger partial charge in [-0.3, -0.25) is 0 Å². The van der Waals surface area contributed by atoms with Crippen LogP contribution in [-0.2, 0) is 0 Å². The van der Waals surface area contributed by atoms with Gasteiger partial charge in [-0.1, -0.05) is 0 Å². The summed E-state index contributed by atoms with van der Waals surface area (Å²) in [4.78, 5) is 16.3. The van der Waals surface area contributed by atoms with Crippen molar-refractivity contribution in [3.05, 3.63) is 18.5 Å². The minimum Gasteiger partial charge on any atom is -0.366 e. The van der Waals surface area contributed by atoms with Crippen molar-refractivity contribution in [2.45, 2.75) is 0 Å². The van der Waals surface area contributed by atoms with Crippen molar-refractivity contribution in [1.29, 1.82) is 0 Å². The third-order valence-corrected chi connectivity index (χ3v) is 2.25. The first-order valence-corrected chi connectivity index (χ1v) is 4.76. The lowest BCUT2D eigenvalue weighted by Gasteiger charge is -2.27. The number of carbonyl (C=O) groups is 1. The van der Waals surface area contributed by atoms with Crippen molar-refractivity contribution in [2.75, 3.05) is 31.5 Å². The molecule has 0 bridgehead atoms. The highest BCUT2D eigenvalue weighted by atomic mass is 16.2. The molecule has 0 atom stereocenters. The van der Waals surface area contributed by atoms with Crippen LogP contribution in [0, 0.1) is 0 Å². The number of hydrogen-bond donors (Lipinski definition) is 3. The summed E-state index contributed by atoms with van der Waals surface area (Å²) >= 11 is 0. The van der Waals surface area contributed by atoms with E-state index in [2.05, 4.69) is 15.6 Å². The Balaban J connectivity index is 1.88. The maximum Gasteiger partial charge on any atom is 0.321 e. The molecule has 14 heavy (non-hydrogen) atoms. The first-order chi connectivity index (χ1) is 6.86. The van der Waals surface area contributed by atoms with Crippen LogP contribution in [0.25, 0.3) is 0 Å². The number of H-pyrrole nitrogens is 1. The highest BCUT2D eigenvalue weighted by Gasteiger charge is 2.15. The van der Waals surface area contributed by atoms with Gasteiger partial charge in [-0.2, -0.15) is 0 Å². The topological polar surface area (TPSA) is 60.2 Å². The monoisotopic (exact) mass is 194 g/mol. The number of nitrogens with zero attached hydrogens (tertiary/aromatic N) is 1. The predicted octanol–water partition coefficient (Wildman–Crippen LogP) is 0.452. The molecule has 1 aromatic rings. The fourth-order valence-corrected chi connectivity index (χ4v) is 1.47. The lowest BCUT2D eigenvalue weighted by Crippen LogP contribution is -2.48. The Bertz CT molecular complexity index is 290. The predicted molar refractivity (Wildman–Crippen MR) is 54.3 cm³/mol. The third kappa shape index (κ3) is 2.05. The highest BCUT2D eigenvalue weighted by Crippen LogP contribution is 2.05. The van der Waals surface area contributed by atoms with E-state index in [0.29, 0.717) is 0 Å². The number of hydrogen-bond acceptors (Lipinski definition) is 2. The molecule has 1 aliphatic rings. The molecule has 3 N–H and O–H groups in total. The molecule has 1 fully saturated rings. The molecule has 0 radical (unpaired) electrons. The van der Waals surface area contributed by atoms with E-state index >= 15 is 0 Å². The van der Waals surface area contributed by atoms with E-state index in [0.717, 1.165) is 31.9 Å². The number of nitrogens with one attached hydrogen (secondary N) is 3. The first-order valence-electron chi connectivity index (χ1n) is 4.76. The van der Waals surface area contributed by atoms with Gasteiger partial charge < -0.3 is 20.5 Å². The molecular formula is C9H14N4O. The summed E-state index contributed by atoms with van der Waals surface area (Å²) in [5.74, 6) is 0. The van der Waals surface area contributed by atoms with Crippen molar-refractivity contribution in [3.63, 3.8) is 0 Å². The van der Waals surface area contributed by atoms with E-state index in [1.165, 1.54) is 0 Å². The van der Waals surface area contributed by atoms with Crippen LogP contribution in [0.15, 0.2) is 18.5 Å². The van der Waals surface area contributed by atoms with Crippen LogP contribution in [-0.4, -0.2) is 42.1 Å². The minimum atomic E-state index is -0.0221. The molecule has 0 saturated carbocycles. The molecule has 2 amide bonds. The molecule has 76 valence electrons. The van der Waals surface area contributed by atoms with Crippen LogP contribution in [0.2, 0.25) is 0 Å². The molecule has 5 nitrogen and oxygen atoms in total. The Hall–Kier alpha value is -1.49. The van der Waals surface area contributed by atoms with Gasteiger partial charge in [0.2, 0.25) is 0 Å². The highest BCUT2D eigenvalue weighted by molar-refractivity contribution is 5.89. The van der Waals surface area contributed by atoms with Gasteiger partial charge in [0.25, 0.3) is 0 Å². The second kappa shape index (κ2) is 4.15. The van der Waals surface area contributed by atoms with Gasteiger partial charge >= 0.3 is 6.03 Å². The van der Waals surface area contributed by atoms with E-state index in [-0.39, 0.29) is 6.03 Å². The zero-order chi connectivity index (χ0) is 9.80. The van der Waals surface area contributed by atoms with Crippen LogP contribution in [0.3, 0.4) is 0 Å². The SMILES string of the molecule is O=C(Nc1cc[nH]c1)N1CCNCC1. The maximum atomic E-state index is 11.6. The lowest BCUT2D eigenvalue weighted by atomic mass is 10.4. The van der Waals surface area contributed by atoms with E-state index in [1.807, 2.05) is 11.0 Å². The Morgan fingerprint density at radius 1 is 1.43 bits per heavy atom. The number of piperazine rings is 1. The largest absolute Gasteiger partial charge is 0.366 e. The second-order valence-corrected chi connectivity index (χ2v) is 3.27. The van der Waals surface area contributed by atoms with Crippen LogP contribution in [0.5, 0.6) is 0 Å². The van der Waals surface area contributed by atoms with Gasteiger partial charge in [0.15, 0.2) is 0 Å². The molecule has 0 aromatic carbocycles. The maximum absolute atomic E-state index is 11.6. The summed E-state index contributed by atoms with van der Waals surface area (Å²) in [7, 11) is 0. The Morgan fingerprint density at radius 2 is 2.21 bits per heavy atom. The van der Waals surface area contributed by atoms with E-state index in [4.69, 9.17) is 0 Å². The van der Waals surface area contributed by atoms with Crippen LogP contribution < -0.4 is 10.6 Å². The minimum absolute atomic E-state index is 0.0221. The normalized spacial score (nSPS) is 16.7. The van der Waals surface area contributed by atoms with Crippen LogP contribution in [0.4, 0.5) is 10.5 Å². The van der Waals surface area contributed by atoms with Crippen LogP contribution in [0.1, 0.15) is 0 Å². The molecular weight excluding hydrogens is 180 g/mol. The number of amides is 2. The Morgan fingerprint density at radius 3 is 2.86 bits per heavy atom. The molecule has 1 saturated heterocycles. The van der Waals surface area contributed by atoms with Gasteiger partial charge in [-0.15, -0.1) is 0 Å². The molecule has 1 aliphatic heterocycles. The molecule has 0 aliphatic carbocycles. The van der Waals surface area contributed by atoms with Crippen molar-refractivity contribution in [1.82, 2.24) is 15.2 Å². The van der Waals surface area contributed by atoms with Crippen molar-refractivity contribution in [3.8, 4) is 0 Å². The molecule has 2 rings (SSSR count). The van der Waals surface area contributed by atoms with Crippen LogP contribution >= 0.6 is 0 Å². The number of anilines is 1. The summed E-state index contributed by atoms with van der Waals surface area (Å²) < 4.78 is 0. The fourth-order valence-electron chi connectivity index (χ4n) is 1.47. The van der Waals surface area contributed by atoms with E-state index < -0.39 is 0 Å². The second-order valence-electron chi connectivity index (χ2n) is 3.27. The molecule has 0 unspecified atom stereocenters. The summed E-state index contributed by atoms with van der Waals surface area (Å²) in [5.41, 5.74) is 0.813. The Labute approximate surface area is 82.5 Å². The van der Waals surface area contributed by atoms with Crippen molar-refractivity contribution < 1.29 is 4.79 Å². The summed E-state index contributed by atoms with van der Waals surface area (Å²) in [6, 6.07) is 1.81. The molecule has 2 heterocycles. The number of urea groups is 1. The first kappa shape index (κ1) is 9.08. The number of aromatic amines is 1. The standard InChI is InChI=1S/C9H14N4O/c14-9(12-8-1-2-11-7-8)13-5-3-10-4-6-13/h1-2,7,10-11H,3-6H2,(H,12,14). The van der Waals surface area contributed by atoms with Gasteiger partial charge in [0, 0.05) is 38.6 Å². The molecule has 1 aromatic heterocycles. The number of rotatable bonds is 1. The van der Waals surface area contributed by atoms with Gasteiger partial charge in [0.1, 0.15) is 0 Å². The van der Waals surface area contributed by atoms with Gasteiger partial charge in [-0.25, -0.2) is 4.79 Å². The fraction of sp³-hybridized carbons (Fsp3) is 0.444. The van der Waals surface area contributed by atoms with E-state index in [9.17, 15) is 4.79 Å². The summed E-state index contributed by atoms with van der Waals surface area (Å²) in [6.45, 7) is 3.30. The molecule has 0 spiro atoms. The van der Waals surface area contributed by atoms with Crippen molar-refractivity contribution in [2.24, 2.45) is 0 Å². The summed E-state index contributed by atoms with van der Waals surface area (Å²) in [5, 5.41) is 6.02. The zero-order valence-corrected chi connectivity index (χ0v) is 7.92. The van der Waals surface area contributed by atoms with Gasteiger partial charge in [-0.05, 0) is 6.07 Å². The Kier molecular flexibility index (Phi) is 2.69. The summed E-state index contributed by atoms with van der Waals surface area (Å²) in [6.07, 6.45) is 3.55. The third-order valence-electron chi connectivity index (χ3n) is 2.25. The lowest BCUT2D eigenvalue weighted by molar-refractivity contribution is 0.204. The molecule has 5 heteroatoms. The number of aromatic nitrogens is 1. The smallest absolute Gasteiger partial charge is 0.321 e. The quantitative estimate of drug-likeness (QED) is 0.608. The van der Waals surface area contributed by atoms with E-state index in [1.54, 1.807) is 12.4 Å².